The van der Waals surface area contributed by atoms with E-state index in [1.807, 2.05) is 12.1 Å². The maximum absolute atomic E-state index is 12.2. The number of fused-ring (bicyclic) bond motifs is 1. The number of anilines is 1. The molecule has 3 aromatic rings. The van der Waals surface area contributed by atoms with Crippen LogP contribution < -0.4 is 14.8 Å². The number of sulfonamides is 1. The van der Waals surface area contributed by atoms with Crippen LogP contribution >= 0.6 is 11.3 Å². The lowest BCUT2D eigenvalue weighted by Crippen LogP contribution is -2.18. The number of ether oxygens (including phenoxy) is 1. The summed E-state index contributed by atoms with van der Waals surface area (Å²) in [5.41, 5.74) is 1.48. The lowest BCUT2D eigenvalue weighted by Gasteiger charge is -2.03. The molecule has 1 amide bonds. The van der Waals surface area contributed by atoms with Crippen LogP contribution in [-0.2, 0) is 21.2 Å². The first kappa shape index (κ1) is 18.3. The van der Waals surface area contributed by atoms with E-state index in [2.05, 4.69) is 15.0 Å². The summed E-state index contributed by atoms with van der Waals surface area (Å²) in [6, 6.07) is 11.9. The Morgan fingerprint density at radius 3 is 2.58 bits per heavy atom. The Hall–Kier alpha value is -2.49. The minimum Gasteiger partial charge on any atom is -0.497 e. The minimum atomic E-state index is -3.52. The monoisotopic (exact) mass is 391 g/mol. The third-order valence-electron chi connectivity index (χ3n) is 3.71. The number of benzene rings is 2. The van der Waals surface area contributed by atoms with E-state index in [1.54, 1.807) is 25.3 Å². The van der Waals surface area contributed by atoms with E-state index >= 15 is 0 Å². The van der Waals surface area contributed by atoms with Gasteiger partial charge in [0, 0.05) is 0 Å². The Morgan fingerprint density at radius 2 is 1.92 bits per heavy atom. The van der Waals surface area contributed by atoms with Crippen molar-refractivity contribution < 1.29 is 17.9 Å². The molecule has 0 atom stereocenters. The van der Waals surface area contributed by atoms with Gasteiger partial charge in [0.05, 0.1) is 28.6 Å². The summed E-state index contributed by atoms with van der Waals surface area (Å²) in [7, 11) is -0.575. The average Bonchev–Trinajstić information content (AvgIpc) is 3.03. The number of amides is 1. The quantitative estimate of drug-likeness (QED) is 0.672. The average molecular weight is 391 g/mol. The molecule has 0 radical (unpaired) electrons. The maximum Gasteiger partial charge on any atom is 0.240 e. The molecule has 0 aliphatic heterocycles. The summed E-state index contributed by atoms with van der Waals surface area (Å²) in [5.74, 6) is 0.532. The van der Waals surface area contributed by atoms with E-state index < -0.39 is 10.0 Å². The molecule has 7 nitrogen and oxygen atoms in total. The zero-order valence-electron chi connectivity index (χ0n) is 14.1. The maximum atomic E-state index is 12.2. The first-order valence-corrected chi connectivity index (χ1v) is 9.98. The van der Waals surface area contributed by atoms with Crippen LogP contribution in [0.25, 0.3) is 10.2 Å². The molecule has 0 aliphatic carbocycles. The second kappa shape index (κ2) is 7.40. The molecule has 1 aromatic heterocycles. The van der Waals surface area contributed by atoms with Gasteiger partial charge >= 0.3 is 0 Å². The van der Waals surface area contributed by atoms with Gasteiger partial charge in [0.1, 0.15) is 5.75 Å². The van der Waals surface area contributed by atoms with Gasteiger partial charge in [0.25, 0.3) is 0 Å². The number of rotatable bonds is 6. The highest BCUT2D eigenvalue weighted by Crippen LogP contribution is 2.28. The van der Waals surface area contributed by atoms with Crippen LogP contribution in [0.2, 0.25) is 0 Å². The number of hydrogen-bond donors (Lipinski definition) is 2. The summed E-state index contributed by atoms with van der Waals surface area (Å²) in [6.45, 7) is 0. The molecule has 1 heterocycles. The van der Waals surface area contributed by atoms with E-state index in [0.717, 1.165) is 11.3 Å². The predicted molar refractivity (Wildman–Crippen MR) is 101 cm³/mol. The van der Waals surface area contributed by atoms with Crippen molar-refractivity contribution in [1.29, 1.82) is 0 Å². The van der Waals surface area contributed by atoms with Gasteiger partial charge in [0.15, 0.2) is 5.13 Å². The lowest BCUT2D eigenvalue weighted by atomic mass is 10.1. The Morgan fingerprint density at radius 1 is 1.19 bits per heavy atom. The van der Waals surface area contributed by atoms with Crippen LogP contribution in [0, 0.1) is 0 Å². The van der Waals surface area contributed by atoms with Crippen LogP contribution in [0.5, 0.6) is 5.75 Å². The van der Waals surface area contributed by atoms with E-state index in [1.165, 1.54) is 30.5 Å². The highest BCUT2D eigenvalue weighted by molar-refractivity contribution is 7.89. The molecular weight excluding hydrogens is 374 g/mol. The number of nitrogens with zero attached hydrogens (tertiary/aromatic N) is 1. The first-order valence-electron chi connectivity index (χ1n) is 7.68. The number of thiazole rings is 1. The molecule has 0 aliphatic rings. The van der Waals surface area contributed by atoms with Crippen molar-refractivity contribution in [2.45, 2.75) is 11.3 Å². The predicted octanol–water partition coefficient (Wildman–Crippen LogP) is 2.39. The van der Waals surface area contributed by atoms with Gasteiger partial charge in [-0.05, 0) is 42.9 Å². The summed E-state index contributed by atoms with van der Waals surface area (Å²) in [5, 5.41) is 3.18. The molecule has 26 heavy (non-hydrogen) atoms. The Balaban J connectivity index is 1.74. The fourth-order valence-electron chi connectivity index (χ4n) is 2.34. The lowest BCUT2D eigenvalue weighted by molar-refractivity contribution is -0.115. The number of carbonyl (C=O) groups excluding carboxylic acids is 1. The summed E-state index contributed by atoms with van der Waals surface area (Å²) in [6.07, 6.45) is 0.208. The third kappa shape index (κ3) is 4.01. The fourth-order valence-corrected chi connectivity index (χ4v) is 4.09. The van der Waals surface area contributed by atoms with Gasteiger partial charge in [-0.15, -0.1) is 0 Å². The van der Waals surface area contributed by atoms with Crippen LogP contribution in [-0.4, -0.2) is 33.5 Å². The minimum absolute atomic E-state index is 0.159. The van der Waals surface area contributed by atoms with Crippen LogP contribution in [0.15, 0.2) is 47.4 Å². The SMILES string of the molecule is CNS(=O)(=O)c1ccc2nc(NC(=O)Cc3ccc(OC)cc3)sc2c1. The van der Waals surface area contributed by atoms with Crippen LogP contribution in [0.1, 0.15) is 5.56 Å². The molecule has 0 saturated carbocycles. The van der Waals surface area contributed by atoms with E-state index in [9.17, 15) is 13.2 Å². The number of aromatic nitrogens is 1. The molecule has 136 valence electrons. The van der Waals surface area contributed by atoms with E-state index in [0.29, 0.717) is 15.3 Å². The van der Waals surface area contributed by atoms with Gasteiger partial charge in [-0.1, -0.05) is 23.5 Å². The smallest absolute Gasteiger partial charge is 0.240 e. The zero-order valence-corrected chi connectivity index (χ0v) is 15.8. The van der Waals surface area contributed by atoms with Crippen molar-refractivity contribution >= 4 is 42.6 Å². The van der Waals surface area contributed by atoms with Crippen molar-refractivity contribution in [3.8, 4) is 5.75 Å². The van der Waals surface area contributed by atoms with Gasteiger partial charge in [-0.2, -0.15) is 0 Å². The molecule has 9 heteroatoms. The summed E-state index contributed by atoms with van der Waals surface area (Å²) in [4.78, 5) is 16.7. The number of hydrogen-bond acceptors (Lipinski definition) is 6. The van der Waals surface area contributed by atoms with Crippen LogP contribution in [0.4, 0.5) is 5.13 Å². The van der Waals surface area contributed by atoms with Crippen molar-refractivity contribution in [3.05, 3.63) is 48.0 Å². The van der Waals surface area contributed by atoms with Crippen molar-refractivity contribution in [3.63, 3.8) is 0 Å². The van der Waals surface area contributed by atoms with Gasteiger partial charge in [-0.3, -0.25) is 4.79 Å². The topological polar surface area (TPSA) is 97.4 Å². The van der Waals surface area contributed by atoms with Crippen molar-refractivity contribution in [2.24, 2.45) is 0 Å². The normalized spacial score (nSPS) is 11.5. The first-order chi connectivity index (χ1) is 12.4. The van der Waals surface area contributed by atoms with Crippen molar-refractivity contribution in [1.82, 2.24) is 9.71 Å². The highest BCUT2D eigenvalue weighted by atomic mass is 32.2. The third-order valence-corrected chi connectivity index (χ3v) is 6.05. The standard InChI is InChI=1S/C17H17N3O4S2/c1-18-26(22,23)13-7-8-14-15(10-13)25-17(19-14)20-16(21)9-11-3-5-12(24-2)6-4-11/h3-8,10,18H,9H2,1-2H3,(H,19,20,21). The second-order valence-corrected chi connectivity index (χ2v) is 8.35. The summed E-state index contributed by atoms with van der Waals surface area (Å²) < 4.78 is 31.8. The number of methoxy groups -OCH3 is 1. The largest absolute Gasteiger partial charge is 0.497 e. The molecule has 0 spiro atoms. The molecular formula is C17H17N3O4S2. The molecule has 0 bridgehead atoms. The number of nitrogens with one attached hydrogen (secondary N) is 2. The van der Waals surface area contributed by atoms with E-state index in [4.69, 9.17) is 4.74 Å². The van der Waals surface area contributed by atoms with Crippen molar-refractivity contribution in [2.75, 3.05) is 19.5 Å². The molecule has 0 saturated heterocycles. The fraction of sp³-hybridized carbons (Fsp3) is 0.176. The highest BCUT2D eigenvalue weighted by Gasteiger charge is 2.14. The van der Waals surface area contributed by atoms with Gasteiger partial charge < -0.3 is 10.1 Å². The van der Waals surface area contributed by atoms with E-state index in [-0.39, 0.29) is 17.2 Å². The Labute approximate surface area is 155 Å². The molecule has 3 rings (SSSR count). The van der Waals surface area contributed by atoms with Gasteiger partial charge in [-0.25, -0.2) is 18.1 Å². The Kier molecular flexibility index (Phi) is 5.21. The summed E-state index contributed by atoms with van der Waals surface area (Å²) >= 11 is 1.23. The molecule has 2 aromatic carbocycles. The molecule has 2 N–H and O–H groups in total. The number of carbonyl (C=O) groups is 1. The molecule has 0 unspecified atom stereocenters. The zero-order chi connectivity index (χ0) is 18.7. The Bertz CT molecular complexity index is 1040. The van der Waals surface area contributed by atoms with Crippen LogP contribution in [0.3, 0.4) is 0 Å². The second-order valence-electron chi connectivity index (χ2n) is 5.43. The van der Waals surface area contributed by atoms with Gasteiger partial charge in [0.2, 0.25) is 15.9 Å². The molecule has 0 fully saturated rings.